The lowest BCUT2D eigenvalue weighted by Gasteiger charge is -2.11. The molecule has 1 aromatic heterocycles. The Labute approximate surface area is 196 Å². The molecule has 0 amide bonds. The Balaban J connectivity index is 1.59. The number of aliphatic hydroxyl groups is 1. The fraction of sp³-hybridized carbons (Fsp3) is 0.167. The van der Waals surface area contributed by atoms with E-state index in [1.807, 2.05) is 60.7 Å². The molecule has 34 heavy (non-hydrogen) atoms. The molecule has 0 aliphatic heterocycles. The van der Waals surface area contributed by atoms with E-state index < -0.39 is 21.9 Å². The third kappa shape index (κ3) is 5.72. The highest BCUT2D eigenvalue weighted by Crippen LogP contribution is 2.20. The first-order valence-corrected chi connectivity index (χ1v) is 12.1. The van der Waals surface area contributed by atoms with Gasteiger partial charge in [0.2, 0.25) is 10.0 Å². The molecule has 0 unspecified atom stereocenters. The molecule has 0 spiro atoms. The van der Waals surface area contributed by atoms with Crippen LogP contribution in [0.5, 0.6) is 0 Å². The Hall–Kier alpha value is -3.44. The van der Waals surface area contributed by atoms with Crippen molar-refractivity contribution in [2.75, 3.05) is 6.54 Å². The Morgan fingerprint density at radius 2 is 1.71 bits per heavy atom. The second kappa shape index (κ2) is 10.2. The van der Waals surface area contributed by atoms with Gasteiger partial charge in [-0.2, -0.15) is 0 Å². The van der Waals surface area contributed by atoms with Crippen LogP contribution in [0, 0.1) is 5.82 Å². The third-order valence-corrected chi connectivity index (χ3v) is 6.12. The van der Waals surface area contributed by atoms with Gasteiger partial charge < -0.3 is 10.4 Å². The van der Waals surface area contributed by atoms with E-state index in [0.717, 1.165) is 17.2 Å². The Morgan fingerprint density at radius 1 is 1.03 bits per heavy atom. The summed E-state index contributed by atoms with van der Waals surface area (Å²) in [6.45, 7) is 0.527. The molecule has 1 heterocycles. The van der Waals surface area contributed by atoms with Crippen LogP contribution >= 0.6 is 0 Å². The summed E-state index contributed by atoms with van der Waals surface area (Å²) in [6.07, 6.45) is -0.313. The minimum atomic E-state index is -4.04. The fourth-order valence-corrected chi connectivity index (χ4v) is 4.03. The maximum atomic E-state index is 14.9. The standard InChI is InChI=1S/C24H24FN5O3S/c25-20-14-19(34(26,32)33)11-12-21(20)30-24(13-17-7-3-1-4-8-17)28-23(29-30)16-27-15-22(31)18-9-5-2-6-10-18/h1-12,14,22,27,31H,13,15-16H2,(H2,26,32,33)/t22-/m1/s1. The number of halogens is 1. The summed E-state index contributed by atoms with van der Waals surface area (Å²) in [6, 6.07) is 22.2. The largest absolute Gasteiger partial charge is 0.387 e. The SMILES string of the molecule is NS(=O)(=O)c1ccc(-n2nc(CNC[C@@H](O)c3ccccc3)nc2Cc2ccccc2)c(F)c1. The van der Waals surface area contributed by atoms with Gasteiger partial charge in [0.15, 0.2) is 5.82 Å². The summed E-state index contributed by atoms with van der Waals surface area (Å²) in [5.41, 5.74) is 1.80. The van der Waals surface area contributed by atoms with Crippen LogP contribution < -0.4 is 10.5 Å². The van der Waals surface area contributed by atoms with Crippen LogP contribution in [0.3, 0.4) is 0 Å². The first-order chi connectivity index (χ1) is 16.3. The van der Waals surface area contributed by atoms with Crippen LogP contribution in [-0.4, -0.2) is 34.8 Å². The quantitative estimate of drug-likeness (QED) is 0.338. The van der Waals surface area contributed by atoms with Crippen molar-refractivity contribution in [3.63, 3.8) is 0 Å². The second-order valence-corrected chi connectivity index (χ2v) is 9.30. The minimum absolute atomic E-state index is 0.0569. The van der Waals surface area contributed by atoms with Gasteiger partial charge in [-0.1, -0.05) is 60.7 Å². The van der Waals surface area contributed by atoms with Gasteiger partial charge in [-0.15, -0.1) is 5.10 Å². The summed E-state index contributed by atoms with van der Waals surface area (Å²) >= 11 is 0. The number of nitrogens with one attached hydrogen (secondary N) is 1. The Morgan fingerprint density at radius 3 is 2.35 bits per heavy atom. The molecule has 0 aliphatic carbocycles. The summed E-state index contributed by atoms with van der Waals surface area (Å²) < 4.78 is 39.4. The zero-order chi connectivity index (χ0) is 24.1. The summed E-state index contributed by atoms with van der Waals surface area (Å²) in [4.78, 5) is 4.24. The second-order valence-electron chi connectivity index (χ2n) is 7.73. The van der Waals surface area contributed by atoms with Crippen LogP contribution in [0.1, 0.15) is 28.9 Å². The van der Waals surface area contributed by atoms with Crippen molar-refractivity contribution >= 4 is 10.0 Å². The maximum Gasteiger partial charge on any atom is 0.238 e. The van der Waals surface area contributed by atoms with Gasteiger partial charge in [-0.05, 0) is 29.3 Å². The van der Waals surface area contributed by atoms with Crippen molar-refractivity contribution in [2.45, 2.75) is 24.0 Å². The van der Waals surface area contributed by atoms with Crippen LogP contribution in [0.2, 0.25) is 0 Å². The molecule has 0 saturated heterocycles. The molecule has 0 fully saturated rings. The molecule has 0 radical (unpaired) electrons. The number of aromatic nitrogens is 3. The molecule has 3 aromatic carbocycles. The lowest BCUT2D eigenvalue weighted by molar-refractivity contribution is 0.174. The zero-order valence-electron chi connectivity index (χ0n) is 18.2. The number of nitrogens with zero attached hydrogens (tertiary/aromatic N) is 3. The van der Waals surface area contributed by atoms with Crippen molar-refractivity contribution in [3.8, 4) is 5.69 Å². The highest BCUT2D eigenvalue weighted by molar-refractivity contribution is 7.89. The van der Waals surface area contributed by atoms with Crippen molar-refractivity contribution in [3.05, 3.63) is 107 Å². The summed E-state index contributed by atoms with van der Waals surface area (Å²) in [5, 5.41) is 23.0. The van der Waals surface area contributed by atoms with Crippen LogP contribution in [0.15, 0.2) is 83.8 Å². The molecule has 4 aromatic rings. The third-order valence-electron chi connectivity index (χ3n) is 5.20. The average molecular weight is 482 g/mol. The molecular weight excluding hydrogens is 457 g/mol. The molecule has 8 nitrogen and oxygen atoms in total. The van der Waals surface area contributed by atoms with E-state index in [9.17, 15) is 17.9 Å². The van der Waals surface area contributed by atoms with Crippen molar-refractivity contribution in [1.82, 2.24) is 20.1 Å². The van der Waals surface area contributed by atoms with Crippen LogP contribution in [0.4, 0.5) is 4.39 Å². The smallest absolute Gasteiger partial charge is 0.238 e. The lowest BCUT2D eigenvalue weighted by atomic mass is 10.1. The molecule has 0 aliphatic rings. The lowest BCUT2D eigenvalue weighted by Crippen LogP contribution is -2.21. The molecule has 4 N–H and O–H groups in total. The van der Waals surface area contributed by atoms with Gasteiger partial charge in [0.05, 0.1) is 17.5 Å². The number of sulfonamides is 1. The fourth-order valence-electron chi connectivity index (χ4n) is 3.50. The first-order valence-electron chi connectivity index (χ1n) is 10.6. The van der Waals surface area contributed by atoms with Gasteiger partial charge in [-0.3, -0.25) is 0 Å². The monoisotopic (exact) mass is 481 g/mol. The van der Waals surface area contributed by atoms with Crippen LogP contribution in [-0.2, 0) is 23.0 Å². The summed E-state index contributed by atoms with van der Waals surface area (Å²) in [5.74, 6) is 0.0970. The van der Waals surface area contributed by atoms with E-state index >= 15 is 0 Å². The number of aliphatic hydroxyl groups excluding tert-OH is 1. The average Bonchev–Trinajstić information content (AvgIpc) is 3.21. The molecule has 1 atom stereocenters. The van der Waals surface area contributed by atoms with E-state index in [1.165, 1.54) is 16.8 Å². The molecule has 0 bridgehead atoms. The van der Waals surface area contributed by atoms with Crippen molar-refractivity contribution in [1.29, 1.82) is 0 Å². The van der Waals surface area contributed by atoms with Gasteiger partial charge in [0.1, 0.15) is 17.3 Å². The number of hydrogen-bond donors (Lipinski definition) is 3. The van der Waals surface area contributed by atoms with E-state index in [-0.39, 0.29) is 23.7 Å². The molecule has 0 saturated carbocycles. The predicted molar refractivity (Wildman–Crippen MR) is 125 cm³/mol. The van der Waals surface area contributed by atoms with Gasteiger partial charge in [-0.25, -0.2) is 27.6 Å². The van der Waals surface area contributed by atoms with Crippen molar-refractivity contribution in [2.24, 2.45) is 5.14 Å². The van der Waals surface area contributed by atoms with Gasteiger partial charge in [0.25, 0.3) is 0 Å². The maximum absolute atomic E-state index is 14.9. The topological polar surface area (TPSA) is 123 Å². The number of rotatable bonds is 9. The highest BCUT2D eigenvalue weighted by atomic mass is 32.2. The molecule has 10 heteroatoms. The Bertz CT molecular complexity index is 1360. The number of benzene rings is 3. The molecule has 4 rings (SSSR count). The van der Waals surface area contributed by atoms with E-state index in [1.54, 1.807) is 0 Å². The van der Waals surface area contributed by atoms with Gasteiger partial charge >= 0.3 is 0 Å². The van der Waals surface area contributed by atoms with Crippen molar-refractivity contribution < 1.29 is 17.9 Å². The highest BCUT2D eigenvalue weighted by Gasteiger charge is 2.18. The zero-order valence-corrected chi connectivity index (χ0v) is 19.0. The summed E-state index contributed by atoms with van der Waals surface area (Å²) in [7, 11) is -4.04. The predicted octanol–water partition coefficient (Wildman–Crippen LogP) is 2.47. The Kier molecular flexibility index (Phi) is 7.13. The number of hydrogen-bond acceptors (Lipinski definition) is 6. The van der Waals surface area contributed by atoms with Gasteiger partial charge in [0, 0.05) is 13.0 Å². The van der Waals surface area contributed by atoms with Crippen LogP contribution in [0.25, 0.3) is 5.69 Å². The van der Waals surface area contributed by atoms with E-state index in [2.05, 4.69) is 15.4 Å². The number of nitrogens with two attached hydrogens (primary N) is 1. The number of primary sulfonamides is 1. The normalized spacial score (nSPS) is 12.6. The minimum Gasteiger partial charge on any atom is -0.387 e. The first kappa shape index (κ1) is 23.7. The molecule has 176 valence electrons. The molecular formula is C24H24FN5O3S. The van der Waals surface area contributed by atoms with E-state index in [0.29, 0.717) is 18.1 Å². The van der Waals surface area contributed by atoms with E-state index in [4.69, 9.17) is 5.14 Å².